The SMILES string of the molecule is COc1ccccc1OCC(=O)N1CCN(c2ccc(C(C)(C)C)cc2)CC1. The lowest BCUT2D eigenvalue weighted by atomic mass is 9.87. The molecule has 150 valence electrons. The van der Waals surface area contributed by atoms with Crippen LogP contribution in [-0.4, -0.2) is 50.7 Å². The molecule has 1 aliphatic heterocycles. The van der Waals surface area contributed by atoms with Crippen molar-refractivity contribution in [1.29, 1.82) is 0 Å². The monoisotopic (exact) mass is 382 g/mol. The number of ether oxygens (including phenoxy) is 2. The number of rotatable bonds is 5. The number of carbonyl (C=O) groups excluding carboxylic acids is 1. The molecular weight excluding hydrogens is 352 g/mol. The van der Waals surface area contributed by atoms with Gasteiger partial charge in [-0.1, -0.05) is 45.0 Å². The lowest BCUT2D eigenvalue weighted by Crippen LogP contribution is -2.50. The third-order valence-electron chi connectivity index (χ3n) is 5.15. The van der Waals surface area contributed by atoms with Gasteiger partial charge in [0.15, 0.2) is 18.1 Å². The molecule has 2 aromatic carbocycles. The summed E-state index contributed by atoms with van der Waals surface area (Å²) < 4.78 is 10.9. The molecule has 3 rings (SSSR count). The van der Waals surface area contributed by atoms with Crippen LogP contribution in [0, 0.1) is 0 Å². The maximum atomic E-state index is 12.5. The molecule has 0 aromatic heterocycles. The minimum absolute atomic E-state index is 0.00800. The van der Waals surface area contributed by atoms with Crippen LogP contribution in [0.2, 0.25) is 0 Å². The van der Waals surface area contributed by atoms with E-state index >= 15 is 0 Å². The van der Waals surface area contributed by atoms with Crippen LogP contribution in [0.5, 0.6) is 11.5 Å². The van der Waals surface area contributed by atoms with E-state index in [2.05, 4.69) is 49.9 Å². The minimum atomic E-state index is 0.00800. The van der Waals surface area contributed by atoms with Gasteiger partial charge in [-0.15, -0.1) is 0 Å². The number of carbonyl (C=O) groups is 1. The molecular formula is C23H30N2O3. The lowest BCUT2D eigenvalue weighted by Gasteiger charge is -2.36. The van der Waals surface area contributed by atoms with E-state index in [0.717, 1.165) is 13.1 Å². The molecule has 28 heavy (non-hydrogen) atoms. The second-order valence-corrected chi connectivity index (χ2v) is 8.10. The van der Waals surface area contributed by atoms with Gasteiger partial charge in [0.05, 0.1) is 7.11 Å². The fourth-order valence-electron chi connectivity index (χ4n) is 3.36. The minimum Gasteiger partial charge on any atom is -0.493 e. The summed E-state index contributed by atoms with van der Waals surface area (Å²) >= 11 is 0. The maximum absolute atomic E-state index is 12.5. The Hall–Kier alpha value is -2.69. The second-order valence-electron chi connectivity index (χ2n) is 8.10. The zero-order valence-corrected chi connectivity index (χ0v) is 17.3. The number of hydrogen-bond donors (Lipinski definition) is 0. The molecule has 0 radical (unpaired) electrons. The molecule has 0 unspecified atom stereocenters. The van der Waals surface area contributed by atoms with E-state index in [-0.39, 0.29) is 17.9 Å². The van der Waals surface area contributed by atoms with Gasteiger partial charge in [-0.3, -0.25) is 4.79 Å². The average Bonchev–Trinajstić information content (AvgIpc) is 2.72. The standard InChI is InChI=1S/C23H30N2O3/c1-23(2,3)18-9-11-19(12-10-18)24-13-15-25(16-14-24)22(26)17-28-21-8-6-5-7-20(21)27-4/h5-12H,13-17H2,1-4H3. The second kappa shape index (κ2) is 8.55. The van der Waals surface area contributed by atoms with Crippen LogP contribution in [0.1, 0.15) is 26.3 Å². The highest BCUT2D eigenvalue weighted by atomic mass is 16.5. The Bertz CT molecular complexity index is 788. The van der Waals surface area contributed by atoms with Crippen molar-refractivity contribution < 1.29 is 14.3 Å². The molecule has 1 saturated heterocycles. The summed E-state index contributed by atoms with van der Waals surface area (Å²) in [5, 5.41) is 0. The first-order valence-electron chi connectivity index (χ1n) is 9.77. The molecule has 2 aromatic rings. The summed E-state index contributed by atoms with van der Waals surface area (Å²) in [6, 6.07) is 16.1. The lowest BCUT2D eigenvalue weighted by molar-refractivity contribution is -0.133. The molecule has 1 heterocycles. The van der Waals surface area contributed by atoms with E-state index in [1.54, 1.807) is 7.11 Å². The molecule has 0 saturated carbocycles. The summed E-state index contributed by atoms with van der Waals surface area (Å²) in [5.74, 6) is 1.24. The van der Waals surface area contributed by atoms with Gasteiger partial charge in [-0.05, 0) is 35.2 Å². The van der Waals surface area contributed by atoms with Crippen molar-refractivity contribution in [3.05, 3.63) is 54.1 Å². The van der Waals surface area contributed by atoms with Crippen LogP contribution < -0.4 is 14.4 Å². The quantitative estimate of drug-likeness (QED) is 0.790. The highest BCUT2D eigenvalue weighted by Crippen LogP contribution is 2.27. The largest absolute Gasteiger partial charge is 0.493 e. The van der Waals surface area contributed by atoms with E-state index in [4.69, 9.17) is 9.47 Å². The van der Waals surface area contributed by atoms with Crippen molar-refractivity contribution in [2.75, 3.05) is 44.8 Å². The Morgan fingerprint density at radius 3 is 2.11 bits per heavy atom. The Morgan fingerprint density at radius 1 is 0.929 bits per heavy atom. The van der Waals surface area contributed by atoms with Gasteiger partial charge in [0.1, 0.15) is 0 Å². The van der Waals surface area contributed by atoms with Gasteiger partial charge in [-0.2, -0.15) is 0 Å². The number of methoxy groups -OCH3 is 1. The highest BCUT2D eigenvalue weighted by Gasteiger charge is 2.22. The van der Waals surface area contributed by atoms with Crippen molar-refractivity contribution in [3.63, 3.8) is 0 Å². The van der Waals surface area contributed by atoms with Crippen molar-refractivity contribution in [2.45, 2.75) is 26.2 Å². The third kappa shape index (κ3) is 4.77. The Balaban J connectivity index is 1.51. The average molecular weight is 383 g/mol. The van der Waals surface area contributed by atoms with Crippen LogP contribution in [0.4, 0.5) is 5.69 Å². The van der Waals surface area contributed by atoms with Gasteiger partial charge in [0.25, 0.3) is 5.91 Å². The van der Waals surface area contributed by atoms with E-state index in [1.807, 2.05) is 29.2 Å². The molecule has 0 aliphatic carbocycles. The Morgan fingerprint density at radius 2 is 1.54 bits per heavy atom. The number of anilines is 1. The first-order valence-corrected chi connectivity index (χ1v) is 9.77. The topological polar surface area (TPSA) is 42.0 Å². The van der Waals surface area contributed by atoms with Gasteiger partial charge < -0.3 is 19.3 Å². The summed E-state index contributed by atoms with van der Waals surface area (Å²) in [7, 11) is 1.59. The third-order valence-corrected chi connectivity index (χ3v) is 5.15. The molecule has 1 amide bonds. The summed E-state index contributed by atoms with van der Waals surface area (Å²) in [6.45, 7) is 9.76. The van der Waals surface area contributed by atoms with Crippen LogP contribution in [-0.2, 0) is 10.2 Å². The summed E-state index contributed by atoms with van der Waals surface area (Å²) in [5.41, 5.74) is 2.70. The number of para-hydroxylation sites is 2. The normalized spacial score (nSPS) is 14.7. The summed E-state index contributed by atoms with van der Waals surface area (Å²) in [6.07, 6.45) is 0. The number of nitrogens with zero attached hydrogens (tertiary/aromatic N) is 2. The smallest absolute Gasteiger partial charge is 0.260 e. The van der Waals surface area contributed by atoms with E-state index in [0.29, 0.717) is 24.6 Å². The van der Waals surface area contributed by atoms with Crippen LogP contribution in [0.15, 0.2) is 48.5 Å². The molecule has 5 heteroatoms. The molecule has 0 spiro atoms. The van der Waals surface area contributed by atoms with Crippen LogP contribution in [0.25, 0.3) is 0 Å². The maximum Gasteiger partial charge on any atom is 0.260 e. The van der Waals surface area contributed by atoms with Crippen molar-refractivity contribution in [1.82, 2.24) is 4.90 Å². The number of amides is 1. The van der Waals surface area contributed by atoms with Crippen molar-refractivity contribution >= 4 is 11.6 Å². The fourth-order valence-corrected chi connectivity index (χ4v) is 3.36. The number of benzene rings is 2. The van der Waals surface area contributed by atoms with E-state index < -0.39 is 0 Å². The zero-order chi connectivity index (χ0) is 20.1. The Labute approximate surface area is 167 Å². The molecule has 1 fully saturated rings. The Kier molecular flexibility index (Phi) is 6.12. The highest BCUT2D eigenvalue weighted by molar-refractivity contribution is 5.78. The summed E-state index contributed by atoms with van der Waals surface area (Å²) in [4.78, 5) is 16.7. The fraction of sp³-hybridized carbons (Fsp3) is 0.435. The predicted molar refractivity (Wildman–Crippen MR) is 112 cm³/mol. The molecule has 0 N–H and O–H groups in total. The van der Waals surface area contributed by atoms with Crippen molar-refractivity contribution in [2.24, 2.45) is 0 Å². The number of hydrogen-bond acceptors (Lipinski definition) is 4. The molecule has 0 atom stereocenters. The van der Waals surface area contributed by atoms with Gasteiger partial charge in [0.2, 0.25) is 0 Å². The molecule has 1 aliphatic rings. The predicted octanol–water partition coefficient (Wildman–Crippen LogP) is 3.72. The van der Waals surface area contributed by atoms with E-state index in [9.17, 15) is 4.79 Å². The van der Waals surface area contributed by atoms with Crippen molar-refractivity contribution in [3.8, 4) is 11.5 Å². The van der Waals surface area contributed by atoms with Gasteiger partial charge >= 0.3 is 0 Å². The van der Waals surface area contributed by atoms with Gasteiger partial charge in [0, 0.05) is 31.9 Å². The number of piperazine rings is 1. The van der Waals surface area contributed by atoms with Gasteiger partial charge in [-0.25, -0.2) is 0 Å². The van der Waals surface area contributed by atoms with E-state index in [1.165, 1.54) is 11.3 Å². The van der Waals surface area contributed by atoms with Crippen LogP contribution in [0.3, 0.4) is 0 Å². The van der Waals surface area contributed by atoms with Crippen LogP contribution >= 0.6 is 0 Å². The molecule has 5 nitrogen and oxygen atoms in total. The first-order chi connectivity index (χ1) is 13.4. The zero-order valence-electron chi connectivity index (χ0n) is 17.3. The first kappa shape index (κ1) is 20.1. The molecule has 0 bridgehead atoms.